The van der Waals surface area contributed by atoms with Crippen molar-refractivity contribution in [2.75, 3.05) is 6.61 Å². The third-order valence-electron chi connectivity index (χ3n) is 4.65. The highest BCUT2D eigenvalue weighted by atomic mass is 16.5. The van der Waals surface area contributed by atoms with Crippen LogP contribution in [0.3, 0.4) is 0 Å². The molecular formula is C23H44O2. The molecular weight excluding hydrogens is 308 g/mol. The lowest BCUT2D eigenvalue weighted by atomic mass is 10.1. The van der Waals surface area contributed by atoms with Crippen LogP contribution in [0.4, 0.5) is 0 Å². The molecule has 0 rings (SSSR count). The zero-order valence-corrected chi connectivity index (χ0v) is 17.2. The Balaban J connectivity index is 3.17. The summed E-state index contributed by atoms with van der Waals surface area (Å²) in [5, 5.41) is 0. The number of hydrogen-bond acceptors (Lipinski definition) is 2. The first-order chi connectivity index (χ1) is 12.3. The van der Waals surface area contributed by atoms with Crippen molar-refractivity contribution < 1.29 is 9.53 Å². The summed E-state index contributed by atoms with van der Waals surface area (Å²) in [6.07, 6.45) is 25.4. The first kappa shape index (κ1) is 24.2. The minimum Gasteiger partial charge on any atom is -0.466 e. The molecule has 0 aliphatic carbocycles. The highest BCUT2D eigenvalue weighted by Gasteiger charge is 2.01. The van der Waals surface area contributed by atoms with Crippen molar-refractivity contribution in [2.45, 2.75) is 123 Å². The third-order valence-corrected chi connectivity index (χ3v) is 4.65. The standard InChI is InChI=1S/C23H44O2/c1-3-5-7-8-9-10-11-12-13-14-15-16-17-18-19-21-23(24)25-22-20-6-4-2/h12-13H,3-11,14-22H2,1-2H3/b13-12-. The van der Waals surface area contributed by atoms with Gasteiger partial charge in [-0.25, -0.2) is 0 Å². The normalized spacial score (nSPS) is 11.3. The zero-order valence-electron chi connectivity index (χ0n) is 17.2. The van der Waals surface area contributed by atoms with Crippen molar-refractivity contribution in [3.05, 3.63) is 12.2 Å². The molecule has 0 aromatic carbocycles. The molecule has 0 aromatic heterocycles. The predicted molar refractivity (Wildman–Crippen MR) is 110 cm³/mol. The summed E-state index contributed by atoms with van der Waals surface area (Å²) in [7, 11) is 0. The quantitative estimate of drug-likeness (QED) is 0.135. The molecule has 0 aliphatic heterocycles. The van der Waals surface area contributed by atoms with E-state index in [4.69, 9.17) is 4.74 Å². The van der Waals surface area contributed by atoms with Gasteiger partial charge in [-0.15, -0.1) is 0 Å². The summed E-state index contributed by atoms with van der Waals surface area (Å²) in [4.78, 5) is 11.5. The van der Waals surface area contributed by atoms with Gasteiger partial charge in [-0.2, -0.15) is 0 Å². The van der Waals surface area contributed by atoms with E-state index in [9.17, 15) is 4.79 Å². The molecule has 0 amide bonds. The number of hydrogen-bond donors (Lipinski definition) is 0. The van der Waals surface area contributed by atoms with Gasteiger partial charge < -0.3 is 4.74 Å². The second-order valence-corrected chi connectivity index (χ2v) is 7.26. The van der Waals surface area contributed by atoms with E-state index in [1.165, 1.54) is 77.0 Å². The summed E-state index contributed by atoms with van der Waals surface area (Å²) in [6.45, 7) is 5.04. The first-order valence-corrected chi connectivity index (χ1v) is 11.1. The zero-order chi connectivity index (χ0) is 18.4. The van der Waals surface area contributed by atoms with E-state index in [0.717, 1.165) is 25.7 Å². The Hall–Kier alpha value is -0.790. The maximum atomic E-state index is 11.5. The number of allylic oxidation sites excluding steroid dienone is 2. The highest BCUT2D eigenvalue weighted by Crippen LogP contribution is 2.10. The second-order valence-electron chi connectivity index (χ2n) is 7.26. The van der Waals surface area contributed by atoms with Crippen LogP contribution in [0, 0.1) is 0 Å². The maximum Gasteiger partial charge on any atom is 0.305 e. The van der Waals surface area contributed by atoms with Gasteiger partial charge in [-0.3, -0.25) is 4.79 Å². The average Bonchev–Trinajstić information content (AvgIpc) is 2.62. The van der Waals surface area contributed by atoms with Crippen LogP contribution in [0.1, 0.15) is 123 Å². The largest absolute Gasteiger partial charge is 0.466 e. The van der Waals surface area contributed by atoms with Gasteiger partial charge in [0.15, 0.2) is 0 Å². The van der Waals surface area contributed by atoms with Crippen LogP contribution in [-0.4, -0.2) is 12.6 Å². The van der Waals surface area contributed by atoms with E-state index in [-0.39, 0.29) is 5.97 Å². The molecule has 0 spiro atoms. The van der Waals surface area contributed by atoms with Crippen LogP contribution in [0.2, 0.25) is 0 Å². The molecule has 2 heteroatoms. The minimum atomic E-state index is -0.00581. The average molecular weight is 353 g/mol. The predicted octanol–water partition coefficient (Wildman–Crippen LogP) is 7.76. The van der Waals surface area contributed by atoms with E-state index in [2.05, 4.69) is 26.0 Å². The molecule has 0 atom stereocenters. The van der Waals surface area contributed by atoms with Crippen molar-refractivity contribution in [1.29, 1.82) is 0 Å². The van der Waals surface area contributed by atoms with Crippen molar-refractivity contribution in [3.63, 3.8) is 0 Å². The Morgan fingerprint density at radius 1 is 0.640 bits per heavy atom. The van der Waals surface area contributed by atoms with E-state index < -0.39 is 0 Å². The molecule has 0 heterocycles. The lowest BCUT2D eigenvalue weighted by Crippen LogP contribution is -2.05. The topological polar surface area (TPSA) is 26.3 Å². The van der Waals surface area contributed by atoms with Crippen LogP contribution < -0.4 is 0 Å². The lowest BCUT2D eigenvalue weighted by Gasteiger charge is -2.04. The Labute approximate surface area is 157 Å². The van der Waals surface area contributed by atoms with E-state index in [1.807, 2.05) is 0 Å². The van der Waals surface area contributed by atoms with E-state index >= 15 is 0 Å². The molecule has 0 radical (unpaired) electrons. The molecule has 0 aliphatic rings. The highest BCUT2D eigenvalue weighted by molar-refractivity contribution is 5.69. The molecule has 0 fully saturated rings. The molecule has 148 valence electrons. The summed E-state index contributed by atoms with van der Waals surface area (Å²) in [6, 6.07) is 0. The van der Waals surface area contributed by atoms with E-state index in [0.29, 0.717) is 13.0 Å². The second kappa shape index (κ2) is 21.3. The van der Waals surface area contributed by atoms with Gasteiger partial charge in [-0.05, 0) is 38.5 Å². The van der Waals surface area contributed by atoms with Crippen molar-refractivity contribution in [2.24, 2.45) is 0 Å². The van der Waals surface area contributed by atoms with Gasteiger partial charge in [0.2, 0.25) is 0 Å². The molecule has 0 aromatic rings. The van der Waals surface area contributed by atoms with Crippen molar-refractivity contribution >= 4 is 5.97 Å². The van der Waals surface area contributed by atoms with Crippen molar-refractivity contribution in [3.8, 4) is 0 Å². The van der Waals surface area contributed by atoms with Crippen LogP contribution in [0.25, 0.3) is 0 Å². The van der Waals surface area contributed by atoms with Gasteiger partial charge in [0, 0.05) is 6.42 Å². The van der Waals surface area contributed by atoms with Crippen molar-refractivity contribution in [1.82, 2.24) is 0 Å². The number of ether oxygens (including phenoxy) is 1. The maximum absolute atomic E-state index is 11.5. The molecule has 0 unspecified atom stereocenters. The van der Waals surface area contributed by atoms with Crippen LogP contribution >= 0.6 is 0 Å². The molecule has 0 bridgehead atoms. The first-order valence-electron chi connectivity index (χ1n) is 11.1. The van der Waals surface area contributed by atoms with Gasteiger partial charge >= 0.3 is 5.97 Å². The number of rotatable bonds is 19. The molecule has 25 heavy (non-hydrogen) atoms. The monoisotopic (exact) mass is 352 g/mol. The number of carbonyl (C=O) groups excluding carboxylic acids is 1. The van der Waals surface area contributed by atoms with Crippen LogP contribution in [0.15, 0.2) is 12.2 Å². The van der Waals surface area contributed by atoms with Crippen LogP contribution in [0.5, 0.6) is 0 Å². The molecule has 0 saturated heterocycles. The Morgan fingerprint density at radius 3 is 1.72 bits per heavy atom. The third kappa shape index (κ3) is 21.2. The minimum absolute atomic E-state index is 0.00581. The van der Waals surface area contributed by atoms with E-state index in [1.54, 1.807) is 0 Å². The Bertz CT molecular complexity index is 296. The van der Waals surface area contributed by atoms with Gasteiger partial charge in [0.1, 0.15) is 0 Å². The fourth-order valence-electron chi connectivity index (χ4n) is 2.95. The molecule has 2 nitrogen and oxygen atoms in total. The molecule has 0 N–H and O–H groups in total. The Kier molecular flexibility index (Phi) is 20.6. The summed E-state index contributed by atoms with van der Waals surface area (Å²) in [5.41, 5.74) is 0. The fourth-order valence-corrected chi connectivity index (χ4v) is 2.95. The Morgan fingerprint density at radius 2 is 1.12 bits per heavy atom. The number of carbonyl (C=O) groups is 1. The SMILES string of the molecule is CCCCCCCC/C=C\CCCCCCCC(=O)OCCCCC. The summed E-state index contributed by atoms with van der Waals surface area (Å²) >= 11 is 0. The summed E-state index contributed by atoms with van der Waals surface area (Å²) in [5.74, 6) is -0.00581. The molecule has 0 saturated carbocycles. The number of esters is 1. The van der Waals surface area contributed by atoms with Gasteiger partial charge in [0.05, 0.1) is 6.61 Å². The summed E-state index contributed by atoms with van der Waals surface area (Å²) < 4.78 is 5.22. The fraction of sp³-hybridized carbons (Fsp3) is 0.870. The lowest BCUT2D eigenvalue weighted by molar-refractivity contribution is -0.143. The van der Waals surface area contributed by atoms with Gasteiger partial charge in [0.25, 0.3) is 0 Å². The van der Waals surface area contributed by atoms with Crippen LogP contribution in [-0.2, 0) is 9.53 Å². The number of unbranched alkanes of at least 4 members (excludes halogenated alkanes) is 13. The van der Waals surface area contributed by atoms with Gasteiger partial charge in [-0.1, -0.05) is 90.2 Å². The smallest absolute Gasteiger partial charge is 0.305 e.